The monoisotopic (exact) mass is 455 g/mol. The second-order valence-electron chi connectivity index (χ2n) is 7.97. The van der Waals surface area contributed by atoms with E-state index < -0.39 is 17.8 Å². The van der Waals surface area contributed by atoms with Crippen LogP contribution in [0, 0.1) is 5.82 Å². The van der Waals surface area contributed by atoms with E-state index in [2.05, 4.69) is 25.5 Å². The number of hydrogen-bond acceptors (Lipinski definition) is 7. The molecule has 0 saturated carbocycles. The molecule has 2 saturated heterocycles. The summed E-state index contributed by atoms with van der Waals surface area (Å²) < 4.78 is 13.1. The van der Waals surface area contributed by atoms with E-state index in [-0.39, 0.29) is 24.8 Å². The first-order chi connectivity index (χ1) is 16.0. The van der Waals surface area contributed by atoms with Gasteiger partial charge in [-0.2, -0.15) is 0 Å². The van der Waals surface area contributed by atoms with Gasteiger partial charge in [-0.05, 0) is 30.3 Å². The van der Waals surface area contributed by atoms with Gasteiger partial charge in [0.15, 0.2) is 0 Å². The summed E-state index contributed by atoms with van der Waals surface area (Å²) in [6, 6.07) is 6.24. The highest BCUT2D eigenvalue weighted by molar-refractivity contribution is 5.97. The molecule has 10 nitrogen and oxygen atoms in total. The van der Waals surface area contributed by atoms with Crippen molar-refractivity contribution < 1.29 is 18.8 Å². The minimum Gasteiger partial charge on any atom is -0.353 e. The molecule has 0 spiro atoms. The lowest BCUT2D eigenvalue weighted by atomic mass is 10.1. The first kappa shape index (κ1) is 22.6. The van der Waals surface area contributed by atoms with Crippen LogP contribution in [-0.2, 0) is 14.4 Å². The highest BCUT2D eigenvalue weighted by Gasteiger charge is 2.35. The van der Waals surface area contributed by atoms with Gasteiger partial charge in [0, 0.05) is 57.3 Å². The van der Waals surface area contributed by atoms with Gasteiger partial charge in [-0.15, -0.1) is 0 Å². The van der Waals surface area contributed by atoms with Crippen molar-refractivity contribution in [1.82, 2.24) is 25.1 Å². The average Bonchev–Trinajstić information content (AvgIpc) is 2.83. The summed E-state index contributed by atoms with van der Waals surface area (Å²) in [5, 5.41) is 5.37. The zero-order valence-electron chi connectivity index (χ0n) is 18.1. The number of carbonyl (C=O) groups excluding carboxylic acids is 3. The predicted molar refractivity (Wildman–Crippen MR) is 119 cm³/mol. The molecule has 11 heteroatoms. The van der Waals surface area contributed by atoms with Gasteiger partial charge in [-0.1, -0.05) is 0 Å². The maximum atomic E-state index is 13.1. The number of rotatable bonds is 6. The van der Waals surface area contributed by atoms with E-state index in [1.165, 1.54) is 29.2 Å². The molecule has 1 aromatic carbocycles. The summed E-state index contributed by atoms with van der Waals surface area (Å²) in [4.78, 5) is 52.1. The highest BCUT2D eigenvalue weighted by Crippen LogP contribution is 2.15. The van der Waals surface area contributed by atoms with E-state index in [0.717, 1.165) is 0 Å². The van der Waals surface area contributed by atoms with Crippen LogP contribution >= 0.6 is 0 Å². The van der Waals surface area contributed by atoms with Gasteiger partial charge in [0.05, 0.1) is 13.0 Å². The van der Waals surface area contributed by atoms with E-state index in [1.807, 2.05) is 4.90 Å². The minimum atomic E-state index is -0.884. The number of amides is 3. The van der Waals surface area contributed by atoms with Crippen LogP contribution < -0.4 is 15.5 Å². The molecule has 1 aromatic heterocycles. The van der Waals surface area contributed by atoms with E-state index in [1.54, 1.807) is 18.5 Å². The molecule has 174 valence electrons. The number of hydrogen-bond donors (Lipinski definition) is 2. The van der Waals surface area contributed by atoms with E-state index in [9.17, 15) is 18.8 Å². The van der Waals surface area contributed by atoms with Gasteiger partial charge in [0.2, 0.25) is 23.7 Å². The van der Waals surface area contributed by atoms with Crippen LogP contribution in [0.3, 0.4) is 0 Å². The van der Waals surface area contributed by atoms with Gasteiger partial charge >= 0.3 is 0 Å². The lowest BCUT2D eigenvalue weighted by Crippen LogP contribution is -2.60. The van der Waals surface area contributed by atoms with E-state index in [0.29, 0.717) is 50.9 Å². The topological polar surface area (TPSA) is 111 Å². The van der Waals surface area contributed by atoms with Crippen LogP contribution in [-0.4, -0.2) is 89.3 Å². The summed E-state index contributed by atoms with van der Waals surface area (Å²) in [5.41, 5.74) is 0.427. The van der Waals surface area contributed by atoms with Crippen LogP contribution in [0.25, 0.3) is 0 Å². The molecule has 2 fully saturated rings. The van der Waals surface area contributed by atoms with Gasteiger partial charge in [0.1, 0.15) is 11.9 Å². The SMILES string of the molecule is O=C(C[C@H]1C(=O)NCCN1C(=O)CN1CCN(c2ncccn2)CC1)Nc1ccc(F)cc1. The lowest BCUT2D eigenvalue weighted by Gasteiger charge is -2.38. The molecule has 3 heterocycles. The Hall–Kier alpha value is -3.60. The maximum absolute atomic E-state index is 13.1. The van der Waals surface area contributed by atoms with Crippen LogP contribution in [0.2, 0.25) is 0 Å². The highest BCUT2D eigenvalue weighted by atomic mass is 19.1. The Kier molecular flexibility index (Phi) is 7.08. The Morgan fingerprint density at radius 2 is 1.76 bits per heavy atom. The van der Waals surface area contributed by atoms with Gasteiger partial charge in [-0.25, -0.2) is 14.4 Å². The summed E-state index contributed by atoms with van der Waals surface area (Å²) in [6.45, 7) is 3.59. The smallest absolute Gasteiger partial charge is 0.243 e. The van der Waals surface area contributed by atoms with Gasteiger partial charge in [0.25, 0.3) is 0 Å². The molecule has 2 N–H and O–H groups in total. The number of aromatic nitrogens is 2. The fourth-order valence-electron chi connectivity index (χ4n) is 3.98. The summed E-state index contributed by atoms with van der Waals surface area (Å²) in [6.07, 6.45) is 3.23. The molecule has 2 aromatic rings. The molecule has 0 unspecified atom stereocenters. The van der Waals surface area contributed by atoms with E-state index >= 15 is 0 Å². The van der Waals surface area contributed by atoms with Gasteiger partial charge in [-0.3, -0.25) is 19.3 Å². The number of nitrogens with zero attached hydrogens (tertiary/aromatic N) is 5. The first-order valence-corrected chi connectivity index (χ1v) is 10.9. The van der Waals surface area contributed by atoms with Crippen LogP contribution in [0.4, 0.5) is 16.0 Å². The number of carbonyl (C=O) groups is 3. The fourth-order valence-corrected chi connectivity index (χ4v) is 3.98. The summed E-state index contributed by atoms with van der Waals surface area (Å²) >= 11 is 0. The molecular weight excluding hydrogens is 429 g/mol. The Labute approximate surface area is 190 Å². The molecule has 0 aliphatic carbocycles. The van der Waals surface area contributed by atoms with Crippen LogP contribution in [0.5, 0.6) is 0 Å². The molecule has 2 aliphatic rings. The van der Waals surface area contributed by atoms with Gasteiger partial charge < -0.3 is 20.4 Å². The molecule has 0 radical (unpaired) electrons. The third kappa shape index (κ3) is 5.80. The minimum absolute atomic E-state index is 0.173. The van der Waals surface area contributed by atoms with Crippen molar-refractivity contribution in [2.45, 2.75) is 12.5 Å². The molecule has 4 rings (SSSR count). The number of piperazine rings is 2. The van der Waals surface area contributed by atoms with Crippen molar-refractivity contribution >= 4 is 29.4 Å². The van der Waals surface area contributed by atoms with Crippen molar-refractivity contribution in [3.63, 3.8) is 0 Å². The fraction of sp³-hybridized carbons (Fsp3) is 0.409. The number of benzene rings is 1. The van der Waals surface area contributed by atoms with Crippen molar-refractivity contribution in [3.8, 4) is 0 Å². The molecule has 33 heavy (non-hydrogen) atoms. The lowest BCUT2D eigenvalue weighted by molar-refractivity contribution is -0.145. The van der Waals surface area contributed by atoms with Crippen molar-refractivity contribution in [3.05, 3.63) is 48.5 Å². The molecule has 3 amide bonds. The maximum Gasteiger partial charge on any atom is 0.243 e. The molecule has 0 bridgehead atoms. The summed E-state index contributed by atoms with van der Waals surface area (Å²) in [5.74, 6) is -0.696. The zero-order chi connectivity index (χ0) is 23.2. The second-order valence-corrected chi connectivity index (χ2v) is 7.97. The first-order valence-electron chi connectivity index (χ1n) is 10.9. The standard InChI is InChI=1S/C22H26FN7O3/c23-16-2-4-17(5-3-16)27-19(31)14-18-21(33)24-8-9-30(18)20(32)15-28-10-12-29(13-11-28)22-25-6-1-7-26-22/h1-7,18H,8-15H2,(H,24,33)(H,27,31)/t18-/m0/s1. The summed E-state index contributed by atoms with van der Waals surface area (Å²) in [7, 11) is 0. The molecular formula is C22H26FN7O3. The second kappa shape index (κ2) is 10.3. The molecule has 2 aliphatic heterocycles. The number of nitrogens with one attached hydrogen (secondary N) is 2. The van der Waals surface area contributed by atoms with Crippen molar-refractivity contribution in [2.75, 3.05) is 56.0 Å². The van der Waals surface area contributed by atoms with Crippen molar-refractivity contribution in [2.24, 2.45) is 0 Å². The van der Waals surface area contributed by atoms with Crippen LogP contribution in [0.15, 0.2) is 42.7 Å². The third-order valence-electron chi connectivity index (χ3n) is 5.72. The zero-order valence-corrected chi connectivity index (χ0v) is 18.1. The third-order valence-corrected chi connectivity index (χ3v) is 5.72. The normalized spacial score (nSPS) is 19.2. The Morgan fingerprint density at radius 3 is 2.45 bits per heavy atom. The number of anilines is 2. The Morgan fingerprint density at radius 1 is 1.06 bits per heavy atom. The van der Waals surface area contributed by atoms with Crippen molar-refractivity contribution in [1.29, 1.82) is 0 Å². The average molecular weight is 455 g/mol. The van der Waals surface area contributed by atoms with Crippen LogP contribution in [0.1, 0.15) is 6.42 Å². The largest absolute Gasteiger partial charge is 0.353 e. The predicted octanol–water partition coefficient (Wildman–Crippen LogP) is 0.0935. The quantitative estimate of drug-likeness (QED) is 0.635. The molecule has 1 atom stereocenters. The van der Waals surface area contributed by atoms with E-state index in [4.69, 9.17) is 0 Å². The Bertz CT molecular complexity index is 981. The number of halogens is 1. The Balaban J connectivity index is 1.32.